The van der Waals surface area contributed by atoms with Gasteiger partial charge in [-0.25, -0.2) is 8.42 Å². The van der Waals surface area contributed by atoms with Crippen molar-refractivity contribution in [3.63, 3.8) is 0 Å². The molecule has 7 heteroatoms. The van der Waals surface area contributed by atoms with E-state index in [9.17, 15) is 13.2 Å². The number of hydrogen-bond donors (Lipinski definition) is 1. The fraction of sp³-hybridized carbons (Fsp3) is 0.588. The number of nitrogens with zero attached hydrogens (tertiary/aromatic N) is 2. The van der Waals surface area contributed by atoms with Crippen LogP contribution in [0, 0.1) is 6.92 Å². The second-order valence-electron chi connectivity index (χ2n) is 6.22. The molecule has 1 saturated heterocycles. The Bertz CT molecular complexity index is 650. The first kappa shape index (κ1) is 18.9. The maximum atomic E-state index is 12.7. The van der Waals surface area contributed by atoms with Gasteiger partial charge < -0.3 is 5.32 Å². The van der Waals surface area contributed by atoms with Crippen LogP contribution in [0.25, 0.3) is 0 Å². The summed E-state index contributed by atoms with van der Waals surface area (Å²) in [7, 11) is -3.46. The second kappa shape index (κ2) is 8.09. The Morgan fingerprint density at radius 1 is 1.17 bits per heavy atom. The molecule has 0 saturated carbocycles. The van der Waals surface area contributed by atoms with Crippen molar-refractivity contribution in [2.75, 3.05) is 32.7 Å². The highest BCUT2D eigenvalue weighted by Gasteiger charge is 2.31. The molecule has 1 aliphatic heterocycles. The van der Waals surface area contributed by atoms with Crippen LogP contribution in [0.2, 0.25) is 0 Å². The van der Waals surface area contributed by atoms with Crippen LogP contribution < -0.4 is 5.32 Å². The normalized spacial score (nSPS) is 18.3. The van der Waals surface area contributed by atoms with E-state index in [4.69, 9.17) is 0 Å². The molecule has 0 aromatic heterocycles. The molecule has 2 rings (SSSR count). The molecule has 1 aromatic carbocycles. The molecule has 1 amide bonds. The van der Waals surface area contributed by atoms with E-state index < -0.39 is 10.0 Å². The van der Waals surface area contributed by atoms with E-state index in [0.29, 0.717) is 37.6 Å². The van der Waals surface area contributed by atoms with Crippen LogP contribution in [0.5, 0.6) is 0 Å². The molecule has 1 fully saturated rings. The van der Waals surface area contributed by atoms with Crippen LogP contribution in [-0.4, -0.2) is 62.3 Å². The molecule has 6 nitrogen and oxygen atoms in total. The van der Waals surface area contributed by atoms with E-state index in [0.717, 1.165) is 12.0 Å². The van der Waals surface area contributed by atoms with Crippen LogP contribution in [0.1, 0.15) is 25.8 Å². The fourth-order valence-corrected chi connectivity index (χ4v) is 4.17. The van der Waals surface area contributed by atoms with Crippen molar-refractivity contribution in [1.29, 1.82) is 0 Å². The Morgan fingerprint density at radius 3 is 2.29 bits per heavy atom. The monoisotopic (exact) mass is 353 g/mol. The van der Waals surface area contributed by atoms with E-state index in [1.165, 1.54) is 4.31 Å². The second-order valence-corrected chi connectivity index (χ2v) is 8.16. The third-order valence-electron chi connectivity index (χ3n) is 4.41. The first-order valence-corrected chi connectivity index (χ1v) is 9.89. The van der Waals surface area contributed by atoms with Crippen molar-refractivity contribution in [2.24, 2.45) is 0 Å². The minimum Gasteiger partial charge on any atom is -0.355 e. The summed E-state index contributed by atoms with van der Waals surface area (Å²) in [5, 5.41) is 2.89. The topological polar surface area (TPSA) is 69.7 Å². The van der Waals surface area contributed by atoms with Gasteiger partial charge in [0.25, 0.3) is 0 Å². The number of sulfonamides is 1. The molecule has 1 N–H and O–H groups in total. The van der Waals surface area contributed by atoms with Crippen molar-refractivity contribution in [2.45, 2.75) is 38.1 Å². The number of hydrogen-bond acceptors (Lipinski definition) is 4. The van der Waals surface area contributed by atoms with Gasteiger partial charge in [0.2, 0.25) is 15.9 Å². The van der Waals surface area contributed by atoms with Gasteiger partial charge in [0, 0.05) is 32.7 Å². The Labute approximate surface area is 144 Å². The van der Waals surface area contributed by atoms with E-state index in [1.807, 2.05) is 37.8 Å². The van der Waals surface area contributed by atoms with Gasteiger partial charge in [0.15, 0.2) is 0 Å². The summed E-state index contributed by atoms with van der Waals surface area (Å²) >= 11 is 0. The van der Waals surface area contributed by atoms with E-state index in [1.54, 1.807) is 12.1 Å². The Morgan fingerprint density at radius 2 is 1.75 bits per heavy atom. The van der Waals surface area contributed by atoms with Crippen LogP contribution in [-0.2, 0) is 14.8 Å². The Kier molecular flexibility index (Phi) is 6.37. The quantitative estimate of drug-likeness (QED) is 0.835. The van der Waals surface area contributed by atoms with E-state index in [2.05, 4.69) is 5.32 Å². The molecular formula is C17H27N3O3S. The van der Waals surface area contributed by atoms with Crippen LogP contribution in [0.15, 0.2) is 29.2 Å². The molecule has 1 aliphatic rings. The van der Waals surface area contributed by atoms with Crippen LogP contribution in [0.4, 0.5) is 0 Å². The Hall–Kier alpha value is -1.44. The SMILES string of the molecule is CCCNC(=O)[C@@H](C)N1CCN(S(=O)(=O)c2ccc(C)cc2)CC1. The van der Waals surface area contributed by atoms with E-state index in [-0.39, 0.29) is 11.9 Å². The highest BCUT2D eigenvalue weighted by atomic mass is 32.2. The molecule has 0 radical (unpaired) electrons. The molecule has 134 valence electrons. The molecule has 1 aromatic rings. The summed E-state index contributed by atoms with van der Waals surface area (Å²) in [6.45, 7) is 8.42. The standard InChI is InChI=1S/C17H27N3O3S/c1-4-9-18-17(21)15(3)19-10-12-20(13-11-19)24(22,23)16-7-5-14(2)6-8-16/h5-8,15H,4,9-13H2,1-3H3,(H,18,21)/t15-/m1/s1. The van der Waals surface area contributed by atoms with Gasteiger partial charge in [-0.15, -0.1) is 0 Å². The van der Waals surface area contributed by atoms with Gasteiger partial charge in [-0.3, -0.25) is 9.69 Å². The number of rotatable bonds is 6. The average molecular weight is 353 g/mol. The minimum atomic E-state index is -3.46. The molecule has 0 unspecified atom stereocenters. The van der Waals surface area contributed by atoms with Crippen LogP contribution >= 0.6 is 0 Å². The molecule has 0 aliphatic carbocycles. The number of carbonyl (C=O) groups excluding carboxylic acids is 1. The zero-order valence-electron chi connectivity index (χ0n) is 14.7. The molecule has 1 heterocycles. The lowest BCUT2D eigenvalue weighted by Gasteiger charge is -2.36. The zero-order valence-corrected chi connectivity index (χ0v) is 15.5. The lowest BCUT2D eigenvalue weighted by Crippen LogP contribution is -2.54. The van der Waals surface area contributed by atoms with Gasteiger partial charge in [-0.1, -0.05) is 24.6 Å². The summed E-state index contributed by atoms with van der Waals surface area (Å²) in [4.78, 5) is 14.4. The average Bonchev–Trinajstić information content (AvgIpc) is 2.59. The number of nitrogens with one attached hydrogen (secondary N) is 1. The summed E-state index contributed by atoms with van der Waals surface area (Å²) in [6.07, 6.45) is 0.904. The minimum absolute atomic E-state index is 0.00620. The first-order valence-electron chi connectivity index (χ1n) is 8.45. The third kappa shape index (κ3) is 4.34. The maximum Gasteiger partial charge on any atom is 0.243 e. The smallest absolute Gasteiger partial charge is 0.243 e. The van der Waals surface area contributed by atoms with Crippen molar-refractivity contribution >= 4 is 15.9 Å². The highest BCUT2D eigenvalue weighted by Crippen LogP contribution is 2.19. The summed E-state index contributed by atoms with van der Waals surface area (Å²) in [5.41, 5.74) is 1.03. The highest BCUT2D eigenvalue weighted by molar-refractivity contribution is 7.89. The van der Waals surface area contributed by atoms with Crippen molar-refractivity contribution in [1.82, 2.24) is 14.5 Å². The first-order chi connectivity index (χ1) is 11.4. The molecule has 24 heavy (non-hydrogen) atoms. The third-order valence-corrected chi connectivity index (χ3v) is 6.32. The summed E-state index contributed by atoms with van der Waals surface area (Å²) in [6, 6.07) is 6.68. The largest absolute Gasteiger partial charge is 0.355 e. The van der Waals surface area contributed by atoms with Crippen molar-refractivity contribution < 1.29 is 13.2 Å². The number of piperazine rings is 1. The van der Waals surface area contributed by atoms with Gasteiger partial charge in [0.1, 0.15) is 0 Å². The number of amides is 1. The molecule has 0 bridgehead atoms. The number of aryl methyl sites for hydroxylation is 1. The van der Waals surface area contributed by atoms with Gasteiger partial charge in [0.05, 0.1) is 10.9 Å². The van der Waals surface area contributed by atoms with Crippen molar-refractivity contribution in [3.8, 4) is 0 Å². The van der Waals surface area contributed by atoms with Crippen molar-refractivity contribution in [3.05, 3.63) is 29.8 Å². The maximum absolute atomic E-state index is 12.7. The fourth-order valence-electron chi connectivity index (χ4n) is 2.75. The van der Waals surface area contributed by atoms with Gasteiger partial charge in [-0.05, 0) is 32.4 Å². The molecule has 0 spiro atoms. The predicted molar refractivity (Wildman–Crippen MR) is 94.3 cm³/mol. The molecular weight excluding hydrogens is 326 g/mol. The van der Waals surface area contributed by atoms with Gasteiger partial charge in [-0.2, -0.15) is 4.31 Å². The number of benzene rings is 1. The van der Waals surface area contributed by atoms with Gasteiger partial charge >= 0.3 is 0 Å². The number of carbonyl (C=O) groups is 1. The Balaban J connectivity index is 1.96. The zero-order chi connectivity index (χ0) is 17.7. The summed E-state index contributed by atoms with van der Waals surface area (Å²) in [5.74, 6) is 0.00620. The van der Waals surface area contributed by atoms with E-state index >= 15 is 0 Å². The van der Waals surface area contributed by atoms with Crippen LogP contribution in [0.3, 0.4) is 0 Å². The predicted octanol–water partition coefficient (Wildman–Crippen LogP) is 1.22. The molecule has 1 atom stereocenters. The summed E-state index contributed by atoms with van der Waals surface area (Å²) < 4.78 is 26.9. The lowest BCUT2D eigenvalue weighted by molar-refractivity contribution is -0.126. The lowest BCUT2D eigenvalue weighted by atomic mass is 10.2.